The van der Waals surface area contributed by atoms with E-state index in [-0.39, 0.29) is 5.43 Å². The van der Waals surface area contributed by atoms with Crippen LogP contribution in [-0.2, 0) is 0 Å². The number of benzene rings is 2. The number of nitrogens with one attached hydrogen (secondary N) is 1. The fraction of sp³-hybridized carbons (Fsp3) is 0.118. The van der Waals surface area contributed by atoms with Crippen molar-refractivity contribution in [2.75, 3.05) is 0 Å². The summed E-state index contributed by atoms with van der Waals surface area (Å²) in [5.41, 5.74) is 4.35. The fourth-order valence-corrected chi connectivity index (χ4v) is 2.87. The molecule has 0 amide bonds. The van der Waals surface area contributed by atoms with E-state index in [2.05, 4.69) is 11.6 Å². The number of rotatable bonds is 1. The number of aryl methyl sites for hydroxylation is 1. The molecule has 0 spiro atoms. The molecule has 100 valence electrons. The maximum Gasteiger partial charge on any atom is 0.197 e. The molecule has 1 N–H and O–H groups in total. The summed E-state index contributed by atoms with van der Waals surface area (Å²) in [4.78, 5) is 15.9. The normalized spacial score (nSPS) is 11.2. The van der Waals surface area contributed by atoms with Gasteiger partial charge in [0.15, 0.2) is 5.43 Å². The highest BCUT2D eigenvalue weighted by atomic mass is 35.5. The minimum absolute atomic E-state index is 0.0212. The highest BCUT2D eigenvalue weighted by Gasteiger charge is 2.12. The van der Waals surface area contributed by atoms with Crippen molar-refractivity contribution in [1.29, 1.82) is 0 Å². The number of hydrogen-bond acceptors (Lipinski definition) is 1. The van der Waals surface area contributed by atoms with Crippen LogP contribution in [0, 0.1) is 6.92 Å². The van der Waals surface area contributed by atoms with E-state index in [0.29, 0.717) is 15.8 Å². The Kier molecular flexibility index (Phi) is 2.91. The zero-order chi connectivity index (χ0) is 14.4. The first-order valence-corrected chi connectivity index (χ1v) is 6.77. The van der Waals surface area contributed by atoms with Crippen LogP contribution in [0.4, 0.5) is 0 Å². The second-order valence-electron chi connectivity index (χ2n) is 5.13. The third-order valence-corrected chi connectivity index (χ3v) is 3.82. The largest absolute Gasteiger partial charge is 0.354 e. The van der Waals surface area contributed by atoms with Crippen molar-refractivity contribution in [3.63, 3.8) is 0 Å². The summed E-state index contributed by atoms with van der Waals surface area (Å²) < 4.78 is 0. The number of fused-ring (bicyclic) bond motifs is 2. The van der Waals surface area contributed by atoms with Gasteiger partial charge in [0.2, 0.25) is 0 Å². The molecule has 2 aromatic carbocycles. The fourth-order valence-electron chi connectivity index (χ4n) is 2.55. The number of allylic oxidation sites excluding steroid dienone is 1. The van der Waals surface area contributed by atoms with E-state index in [4.69, 9.17) is 11.6 Å². The van der Waals surface area contributed by atoms with Crippen molar-refractivity contribution in [1.82, 2.24) is 4.98 Å². The van der Waals surface area contributed by atoms with E-state index in [1.807, 2.05) is 32.0 Å². The summed E-state index contributed by atoms with van der Waals surface area (Å²) in [7, 11) is 0. The van der Waals surface area contributed by atoms with Gasteiger partial charge in [0.25, 0.3) is 0 Å². The summed E-state index contributed by atoms with van der Waals surface area (Å²) >= 11 is 6.25. The number of hydrogen-bond donors (Lipinski definition) is 1. The van der Waals surface area contributed by atoms with E-state index in [1.54, 1.807) is 12.1 Å². The van der Waals surface area contributed by atoms with Crippen molar-refractivity contribution in [2.24, 2.45) is 0 Å². The highest BCUT2D eigenvalue weighted by molar-refractivity contribution is 6.33. The maximum absolute atomic E-state index is 12.6. The van der Waals surface area contributed by atoms with Crippen LogP contribution in [0.3, 0.4) is 0 Å². The minimum Gasteiger partial charge on any atom is -0.354 e. The second kappa shape index (κ2) is 4.50. The van der Waals surface area contributed by atoms with E-state index in [9.17, 15) is 4.79 Å². The van der Waals surface area contributed by atoms with Crippen LogP contribution in [0.2, 0.25) is 5.02 Å². The van der Waals surface area contributed by atoms with Crippen molar-refractivity contribution >= 4 is 39.0 Å². The number of pyridine rings is 1. The highest BCUT2D eigenvalue weighted by Crippen LogP contribution is 2.29. The zero-order valence-corrected chi connectivity index (χ0v) is 12.1. The molecule has 0 bridgehead atoms. The lowest BCUT2D eigenvalue weighted by Gasteiger charge is -2.10. The molecule has 3 heteroatoms. The van der Waals surface area contributed by atoms with Gasteiger partial charge in [-0.2, -0.15) is 0 Å². The van der Waals surface area contributed by atoms with E-state index in [0.717, 1.165) is 27.7 Å². The molecule has 1 heterocycles. The quantitative estimate of drug-likeness (QED) is 0.647. The van der Waals surface area contributed by atoms with Gasteiger partial charge in [-0.05, 0) is 49.2 Å². The second-order valence-corrected chi connectivity index (χ2v) is 5.54. The third-order valence-electron chi connectivity index (χ3n) is 3.51. The molecule has 0 aliphatic heterocycles. The lowest BCUT2D eigenvalue weighted by atomic mass is 10.0. The molecule has 20 heavy (non-hydrogen) atoms. The van der Waals surface area contributed by atoms with Crippen LogP contribution in [0.5, 0.6) is 0 Å². The number of aromatic nitrogens is 1. The van der Waals surface area contributed by atoms with Gasteiger partial charge in [0.05, 0.1) is 16.1 Å². The summed E-state index contributed by atoms with van der Waals surface area (Å²) in [6.07, 6.45) is 0. The predicted molar refractivity (Wildman–Crippen MR) is 86.5 cm³/mol. The monoisotopic (exact) mass is 283 g/mol. The molecule has 1 aromatic heterocycles. The molecule has 0 radical (unpaired) electrons. The van der Waals surface area contributed by atoms with Gasteiger partial charge in [-0.15, -0.1) is 0 Å². The molecule has 3 aromatic rings. The molecule has 3 rings (SSSR count). The Balaban J connectivity index is 2.60. The lowest BCUT2D eigenvalue weighted by Crippen LogP contribution is -2.05. The van der Waals surface area contributed by atoms with E-state index in [1.165, 1.54) is 0 Å². The number of aromatic amines is 1. The van der Waals surface area contributed by atoms with Crippen molar-refractivity contribution in [3.8, 4) is 0 Å². The Morgan fingerprint density at radius 2 is 1.90 bits per heavy atom. The van der Waals surface area contributed by atoms with Gasteiger partial charge in [-0.3, -0.25) is 4.79 Å². The Morgan fingerprint density at radius 1 is 1.20 bits per heavy atom. The predicted octanol–water partition coefficient (Wildman–Crippen LogP) is 4.68. The molecular weight excluding hydrogens is 270 g/mol. The lowest BCUT2D eigenvalue weighted by molar-refractivity contribution is 1.42. The molecule has 0 atom stereocenters. The Hall–Kier alpha value is -2.06. The Morgan fingerprint density at radius 3 is 2.60 bits per heavy atom. The van der Waals surface area contributed by atoms with Crippen molar-refractivity contribution in [3.05, 3.63) is 63.3 Å². The average molecular weight is 284 g/mol. The topological polar surface area (TPSA) is 32.9 Å². The molecule has 0 aliphatic carbocycles. The summed E-state index contributed by atoms with van der Waals surface area (Å²) in [5.74, 6) is 0. The molecule has 2 nitrogen and oxygen atoms in total. The van der Waals surface area contributed by atoms with Crippen LogP contribution in [0.25, 0.3) is 27.4 Å². The average Bonchev–Trinajstić information content (AvgIpc) is 2.37. The number of H-pyrrole nitrogens is 1. The molecule has 0 unspecified atom stereocenters. The first kappa shape index (κ1) is 12.9. The van der Waals surface area contributed by atoms with Gasteiger partial charge in [0.1, 0.15) is 0 Å². The van der Waals surface area contributed by atoms with Crippen LogP contribution < -0.4 is 5.43 Å². The maximum atomic E-state index is 12.6. The standard InChI is InChI=1S/C17H14ClNO/c1-9(2)15-13(18)7-6-12-16(15)19-14-8-10(3)4-5-11(14)17(12)20/h4-8H,1H2,2-3H3,(H,19,20). The van der Waals surface area contributed by atoms with Gasteiger partial charge in [-0.25, -0.2) is 0 Å². The van der Waals surface area contributed by atoms with Gasteiger partial charge in [-0.1, -0.05) is 24.2 Å². The zero-order valence-electron chi connectivity index (χ0n) is 11.4. The number of halogens is 1. The van der Waals surface area contributed by atoms with Gasteiger partial charge >= 0.3 is 0 Å². The van der Waals surface area contributed by atoms with Gasteiger partial charge in [0, 0.05) is 16.3 Å². The summed E-state index contributed by atoms with van der Waals surface area (Å²) in [6.45, 7) is 7.85. The third kappa shape index (κ3) is 1.84. The molecule has 0 aliphatic rings. The van der Waals surface area contributed by atoms with Gasteiger partial charge < -0.3 is 4.98 Å². The van der Waals surface area contributed by atoms with E-state index >= 15 is 0 Å². The van der Waals surface area contributed by atoms with Crippen LogP contribution in [0.15, 0.2) is 41.7 Å². The minimum atomic E-state index is 0.0212. The van der Waals surface area contributed by atoms with Crippen molar-refractivity contribution in [2.45, 2.75) is 13.8 Å². The van der Waals surface area contributed by atoms with Crippen LogP contribution in [0.1, 0.15) is 18.1 Å². The molecular formula is C17H14ClNO. The first-order chi connectivity index (χ1) is 9.49. The Bertz CT molecular complexity index is 922. The summed E-state index contributed by atoms with van der Waals surface area (Å²) in [5, 5.41) is 1.94. The smallest absolute Gasteiger partial charge is 0.197 e. The van der Waals surface area contributed by atoms with E-state index < -0.39 is 0 Å². The van der Waals surface area contributed by atoms with Crippen LogP contribution in [-0.4, -0.2) is 4.98 Å². The van der Waals surface area contributed by atoms with Crippen molar-refractivity contribution < 1.29 is 0 Å². The molecule has 0 saturated heterocycles. The van der Waals surface area contributed by atoms with Crippen LogP contribution >= 0.6 is 11.6 Å². The SMILES string of the molecule is C=C(C)c1c(Cl)ccc2c(=O)c3ccc(C)cc3[nH]c12. The molecule has 0 fully saturated rings. The molecule has 0 saturated carbocycles. The summed E-state index contributed by atoms with van der Waals surface area (Å²) in [6, 6.07) is 9.29. The Labute approximate surface area is 121 Å². The first-order valence-electron chi connectivity index (χ1n) is 6.40.